The van der Waals surface area contributed by atoms with Crippen LogP contribution in [0.15, 0.2) is 34.9 Å². The van der Waals surface area contributed by atoms with Crippen molar-refractivity contribution in [1.82, 2.24) is 4.90 Å². The van der Waals surface area contributed by atoms with Crippen LogP contribution >= 0.6 is 0 Å². The highest BCUT2D eigenvalue weighted by Crippen LogP contribution is 2.24. The van der Waals surface area contributed by atoms with Crippen LogP contribution in [0.2, 0.25) is 0 Å². The quantitative estimate of drug-likeness (QED) is 0.910. The molecule has 0 saturated heterocycles. The van der Waals surface area contributed by atoms with Gasteiger partial charge in [-0.3, -0.25) is 4.90 Å². The van der Waals surface area contributed by atoms with E-state index in [-0.39, 0.29) is 0 Å². The van der Waals surface area contributed by atoms with Gasteiger partial charge in [-0.25, -0.2) is 0 Å². The van der Waals surface area contributed by atoms with Crippen molar-refractivity contribution < 1.29 is 4.42 Å². The fraction of sp³-hybridized carbons (Fsp3) is 0.375. The lowest BCUT2D eigenvalue weighted by molar-refractivity contribution is 0.316. The average molecular weight is 256 g/mol. The molecule has 3 nitrogen and oxygen atoms in total. The zero-order valence-corrected chi connectivity index (χ0v) is 11.6. The van der Waals surface area contributed by atoms with E-state index in [1.54, 1.807) is 6.26 Å². The first-order valence-electron chi connectivity index (χ1n) is 6.79. The summed E-state index contributed by atoms with van der Waals surface area (Å²) in [5.74, 6) is 1.02. The van der Waals surface area contributed by atoms with E-state index in [2.05, 4.69) is 41.5 Å². The first-order valence-corrected chi connectivity index (χ1v) is 6.79. The van der Waals surface area contributed by atoms with Gasteiger partial charge in [-0.05, 0) is 43.7 Å². The lowest BCUT2D eigenvalue weighted by atomic mass is 10.1. The number of rotatable bonds is 4. The number of furan rings is 1. The molecule has 0 spiro atoms. The second-order valence-electron chi connectivity index (χ2n) is 5.34. The lowest BCUT2D eigenvalue weighted by Gasteiger charge is -2.17. The highest BCUT2D eigenvalue weighted by atomic mass is 16.3. The predicted molar refractivity (Wildman–Crippen MR) is 77.3 cm³/mol. The molecule has 0 saturated carbocycles. The monoisotopic (exact) mass is 256 g/mol. The Bertz CT molecular complexity index is 574. The van der Waals surface area contributed by atoms with Crippen LogP contribution in [0.5, 0.6) is 0 Å². The molecule has 0 amide bonds. The van der Waals surface area contributed by atoms with E-state index in [1.165, 1.54) is 22.4 Å². The lowest BCUT2D eigenvalue weighted by Crippen LogP contribution is -2.17. The Morgan fingerprint density at radius 1 is 1.26 bits per heavy atom. The number of aryl methyl sites for hydroxylation is 1. The van der Waals surface area contributed by atoms with Gasteiger partial charge in [-0.15, -0.1) is 0 Å². The van der Waals surface area contributed by atoms with Gasteiger partial charge >= 0.3 is 0 Å². The minimum absolute atomic E-state index is 0.923. The molecule has 0 atom stereocenters. The standard InChI is InChI=1S/C16H20N2O/c1-12-15(6-8-19-12)11-18(2)10-13-3-4-14-5-7-17-16(14)9-13/h3-4,6,8-9,17H,5,7,10-11H2,1-2H3. The van der Waals surface area contributed by atoms with Crippen molar-refractivity contribution in [1.29, 1.82) is 0 Å². The van der Waals surface area contributed by atoms with Crippen LogP contribution in [0.4, 0.5) is 5.69 Å². The van der Waals surface area contributed by atoms with Crippen molar-refractivity contribution in [3.8, 4) is 0 Å². The van der Waals surface area contributed by atoms with Crippen molar-refractivity contribution in [2.75, 3.05) is 18.9 Å². The SMILES string of the molecule is Cc1occc1CN(C)Cc1ccc2c(c1)NCC2. The van der Waals surface area contributed by atoms with E-state index < -0.39 is 0 Å². The maximum Gasteiger partial charge on any atom is 0.105 e. The topological polar surface area (TPSA) is 28.4 Å². The van der Waals surface area contributed by atoms with Crippen molar-refractivity contribution >= 4 is 5.69 Å². The fourth-order valence-electron chi connectivity index (χ4n) is 2.67. The normalized spacial score (nSPS) is 13.6. The third-order valence-corrected chi connectivity index (χ3v) is 3.74. The van der Waals surface area contributed by atoms with E-state index in [0.29, 0.717) is 0 Å². The first kappa shape index (κ1) is 12.3. The first-order chi connectivity index (χ1) is 9.22. The molecule has 0 bridgehead atoms. The number of nitrogens with zero attached hydrogens (tertiary/aromatic N) is 1. The Morgan fingerprint density at radius 2 is 2.16 bits per heavy atom. The number of fused-ring (bicyclic) bond motifs is 1. The molecule has 3 heteroatoms. The van der Waals surface area contributed by atoms with Gasteiger partial charge in [0.2, 0.25) is 0 Å². The second kappa shape index (κ2) is 5.10. The summed E-state index contributed by atoms with van der Waals surface area (Å²) in [6.07, 6.45) is 2.91. The van der Waals surface area contributed by atoms with Crippen molar-refractivity contribution in [2.24, 2.45) is 0 Å². The van der Waals surface area contributed by atoms with Gasteiger partial charge < -0.3 is 9.73 Å². The largest absolute Gasteiger partial charge is 0.469 e. The maximum atomic E-state index is 5.34. The molecule has 1 aromatic heterocycles. The third-order valence-electron chi connectivity index (χ3n) is 3.74. The highest BCUT2D eigenvalue weighted by molar-refractivity contribution is 5.57. The molecule has 0 aliphatic carbocycles. The van der Waals surface area contributed by atoms with E-state index >= 15 is 0 Å². The highest BCUT2D eigenvalue weighted by Gasteiger charge is 2.11. The molecule has 1 aliphatic heterocycles. The van der Waals surface area contributed by atoms with Gasteiger partial charge in [0.05, 0.1) is 6.26 Å². The van der Waals surface area contributed by atoms with Crippen LogP contribution in [0, 0.1) is 6.92 Å². The molecule has 1 aliphatic rings. The second-order valence-corrected chi connectivity index (χ2v) is 5.34. The van der Waals surface area contributed by atoms with Gasteiger partial charge in [0, 0.05) is 30.9 Å². The molecular formula is C16H20N2O. The van der Waals surface area contributed by atoms with Crippen LogP contribution in [0.3, 0.4) is 0 Å². The Labute approximate surface area is 114 Å². The van der Waals surface area contributed by atoms with Gasteiger partial charge in [0.15, 0.2) is 0 Å². The molecule has 100 valence electrons. The number of hydrogen-bond donors (Lipinski definition) is 1. The minimum Gasteiger partial charge on any atom is -0.469 e. The summed E-state index contributed by atoms with van der Waals surface area (Å²) in [6, 6.07) is 8.82. The van der Waals surface area contributed by atoms with E-state index in [1.807, 2.05) is 6.92 Å². The maximum absolute atomic E-state index is 5.34. The summed E-state index contributed by atoms with van der Waals surface area (Å²) in [5, 5.41) is 3.43. The molecule has 2 aromatic rings. The Balaban J connectivity index is 1.66. The summed E-state index contributed by atoms with van der Waals surface area (Å²) in [4.78, 5) is 2.31. The molecule has 0 radical (unpaired) electrons. The molecule has 1 aromatic carbocycles. The van der Waals surface area contributed by atoms with Crippen molar-refractivity contribution in [3.05, 3.63) is 53.0 Å². The molecule has 2 heterocycles. The smallest absolute Gasteiger partial charge is 0.105 e. The third kappa shape index (κ3) is 2.66. The molecule has 3 rings (SSSR count). The van der Waals surface area contributed by atoms with Crippen LogP contribution < -0.4 is 5.32 Å². The van der Waals surface area contributed by atoms with E-state index in [0.717, 1.165) is 31.8 Å². The van der Waals surface area contributed by atoms with Crippen molar-refractivity contribution in [3.63, 3.8) is 0 Å². The Hall–Kier alpha value is -1.74. The van der Waals surface area contributed by atoms with Gasteiger partial charge in [-0.2, -0.15) is 0 Å². The van der Waals surface area contributed by atoms with E-state index in [4.69, 9.17) is 4.42 Å². The molecule has 1 N–H and O–H groups in total. The predicted octanol–water partition coefficient (Wildman–Crippen LogP) is 3.19. The zero-order chi connectivity index (χ0) is 13.2. The van der Waals surface area contributed by atoms with Gasteiger partial charge in [0.25, 0.3) is 0 Å². The molecule has 0 fully saturated rings. The molecule has 19 heavy (non-hydrogen) atoms. The summed E-state index contributed by atoms with van der Waals surface area (Å²) < 4.78 is 5.34. The summed E-state index contributed by atoms with van der Waals surface area (Å²) in [6.45, 7) is 4.97. The van der Waals surface area contributed by atoms with E-state index in [9.17, 15) is 0 Å². The molecular weight excluding hydrogens is 236 g/mol. The van der Waals surface area contributed by atoms with Crippen LogP contribution in [0.25, 0.3) is 0 Å². The summed E-state index contributed by atoms with van der Waals surface area (Å²) in [7, 11) is 2.15. The van der Waals surface area contributed by atoms with Crippen molar-refractivity contribution in [2.45, 2.75) is 26.4 Å². The number of nitrogens with one attached hydrogen (secondary N) is 1. The summed E-state index contributed by atoms with van der Waals surface area (Å²) >= 11 is 0. The van der Waals surface area contributed by atoms with Crippen LogP contribution in [-0.4, -0.2) is 18.5 Å². The summed E-state index contributed by atoms with van der Waals surface area (Å²) in [5.41, 5.74) is 5.38. The van der Waals surface area contributed by atoms with Crippen LogP contribution in [0.1, 0.15) is 22.5 Å². The number of anilines is 1. The zero-order valence-electron chi connectivity index (χ0n) is 11.6. The fourth-order valence-corrected chi connectivity index (χ4v) is 2.67. The Morgan fingerprint density at radius 3 is 2.95 bits per heavy atom. The van der Waals surface area contributed by atoms with Gasteiger partial charge in [0.1, 0.15) is 5.76 Å². The Kier molecular flexibility index (Phi) is 3.30. The minimum atomic E-state index is 0.923. The molecule has 0 unspecified atom stereocenters. The number of benzene rings is 1. The number of hydrogen-bond acceptors (Lipinski definition) is 3. The van der Waals surface area contributed by atoms with Gasteiger partial charge in [-0.1, -0.05) is 12.1 Å². The van der Waals surface area contributed by atoms with Crippen LogP contribution in [-0.2, 0) is 19.5 Å². The average Bonchev–Trinajstić information content (AvgIpc) is 2.98.